The summed E-state index contributed by atoms with van der Waals surface area (Å²) in [6, 6.07) is 22.1. The van der Waals surface area contributed by atoms with E-state index in [0.717, 1.165) is 51.6 Å². The maximum absolute atomic E-state index is 9.65. The quantitative estimate of drug-likeness (QED) is 0.530. The Bertz CT molecular complexity index is 689. The lowest BCUT2D eigenvalue weighted by Crippen LogP contribution is -2.38. The van der Waals surface area contributed by atoms with Crippen LogP contribution in [0.3, 0.4) is 0 Å². The molecule has 2 aliphatic rings. The first-order chi connectivity index (χ1) is 15.5. The van der Waals surface area contributed by atoms with Crippen molar-refractivity contribution >= 4 is 0 Å². The zero-order valence-electron chi connectivity index (χ0n) is 19.8. The van der Waals surface area contributed by atoms with E-state index in [1.807, 2.05) is 12.1 Å². The van der Waals surface area contributed by atoms with Crippen molar-refractivity contribution in [1.82, 2.24) is 10.6 Å². The largest absolute Gasteiger partial charge is 0.393 e. The first kappa shape index (κ1) is 24.9. The van der Waals surface area contributed by atoms with Crippen LogP contribution in [0.4, 0.5) is 0 Å². The van der Waals surface area contributed by atoms with Gasteiger partial charge in [-0.15, -0.1) is 0 Å². The van der Waals surface area contributed by atoms with Gasteiger partial charge in [0, 0.05) is 25.2 Å². The maximum atomic E-state index is 9.65. The Hall–Kier alpha value is -1.72. The van der Waals surface area contributed by atoms with Gasteiger partial charge in [-0.3, -0.25) is 0 Å². The van der Waals surface area contributed by atoms with Crippen LogP contribution in [0.5, 0.6) is 0 Å². The lowest BCUT2D eigenvalue weighted by Gasteiger charge is -2.31. The summed E-state index contributed by atoms with van der Waals surface area (Å²) in [5.74, 6) is 0.865. The molecule has 2 fully saturated rings. The van der Waals surface area contributed by atoms with Crippen LogP contribution in [0.25, 0.3) is 0 Å². The number of rotatable bonds is 6. The number of hydrogen-bond donors (Lipinski definition) is 4. The van der Waals surface area contributed by atoms with E-state index in [1.165, 1.54) is 11.1 Å². The first-order valence-corrected chi connectivity index (χ1v) is 12.4. The molecule has 176 valence electrons. The lowest BCUT2D eigenvalue weighted by molar-refractivity contribution is 0.0656. The summed E-state index contributed by atoms with van der Waals surface area (Å²) >= 11 is 0. The fourth-order valence-corrected chi connectivity index (χ4v) is 4.85. The average molecular weight is 439 g/mol. The van der Waals surface area contributed by atoms with Crippen LogP contribution in [0.15, 0.2) is 60.7 Å². The Morgan fingerprint density at radius 3 is 1.34 bits per heavy atom. The van der Waals surface area contributed by atoms with E-state index in [1.54, 1.807) is 0 Å². The summed E-state index contributed by atoms with van der Waals surface area (Å²) in [6.07, 6.45) is 6.07. The highest BCUT2D eigenvalue weighted by atomic mass is 16.3. The van der Waals surface area contributed by atoms with Crippen LogP contribution in [0.2, 0.25) is 0 Å². The number of benzene rings is 2. The Labute approximate surface area is 194 Å². The third-order valence-electron chi connectivity index (χ3n) is 7.12. The molecule has 0 amide bonds. The second-order valence-corrected chi connectivity index (χ2v) is 9.84. The molecule has 0 bridgehead atoms. The van der Waals surface area contributed by atoms with Gasteiger partial charge in [0.25, 0.3) is 0 Å². The Kier molecular flexibility index (Phi) is 10.2. The topological polar surface area (TPSA) is 64.5 Å². The molecule has 2 aromatic carbocycles. The smallest absolute Gasteiger partial charge is 0.0566 e. The second kappa shape index (κ2) is 13.1. The van der Waals surface area contributed by atoms with Gasteiger partial charge in [0.05, 0.1) is 12.2 Å². The molecule has 4 nitrogen and oxygen atoms in total. The van der Waals surface area contributed by atoms with E-state index in [0.29, 0.717) is 23.9 Å². The third-order valence-corrected chi connectivity index (χ3v) is 7.12. The molecular weight excluding hydrogens is 396 g/mol. The van der Waals surface area contributed by atoms with Crippen molar-refractivity contribution in [3.05, 3.63) is 71.8 Å². The van der Waals surface area contributed by atoms with E-state index in [9.17, 15) is 10.2 Å². The normalized spacial score (nSPS) is 30.2. The van der Waals surface area contributed by atoms with Gasteiger partial charge in [-0.1, -0.05) is 74.5 Å². The van der Waals surface area contributed by atoms with Gasteiger partial charge in [0.2, 0.25) is 0 Å². The van der Waals surface area contributed by atoms with Gasteiger partial charge in [0.15, 0.2) is 0 Å². The van der Waals surface area contributed by atoms with E-state index in [2.05, 4.69) is 73.0 Å². The van der Waals surface area contributed by atoms with Crippen LogP contribution in [-0.2, 0) is 13.1 Å². The Morgan fingerprint density at radius 2 is 1.00 bits per heavy atom. The average Bonchev–Trinajstić information content (AvgIpc) is 2.82. The fraction of sp³-hybridized carbons (Fsp3) is 0.571. The zero-order chi connectivity index (χ0) is 22.8. The van der Waals surface area contributed by atoms with E-state index in [-0.39, 0.29) is 12.2 Å². The molecule has 4 rings (SSSR count). The third kappa shape index (κ3) is 8.32. The van der Waals surface area contributed by atoms with E-state index >= 15 is 0 Å². The van der Waals surface area contributed by atoms with Gasteiger partial charge >= 0.3 is 0 Å². The minimum atomic E-state index is -0.0882. The van der Waals surface area contributed by atoms with Crippen LogP contribution in [0, 0.1) is 11.8 Å². The molecule has 6 atom stereocenters. The van der Waals surface area contributed by atoms with E-state index in [4.69, 9.17) is 0 Å². The Morgan fingerprint density at radius 1 is 0.625 bits per heavy atom. The molecule has 0 aromatic heterocycles. The molecule has 4 heteroatoms. The van der Waals surface area contributed by atoms with E-state index < -0.39 is 0 Å². The number of hydrogen-bond acceptors (Lipinski definition) is 4. The van der Waals surface area contributed by atoms with Crippen LogP contribution < -0.4 is 10.6 Å². The highest BCUT2D eigenvalue weighted by Crippen LogP contribution is 2.25. The van der Waals surface area contributed by atoms with Gasteiger partial charge in [-0.2, -0.15) is 0 Å². The summed E-state index contributed by atoms with van der Waals surface area (Å²) in [7, 11) is 0. The molecule has 2 aromatic rings. The van der Waals surface area contributed by atoms with Crippen molar-refractivity contribution in [2.45, 2.75) is 89.8 Å². The lowest BCUT2D eigenvalue weighted by atomic mass is 9.84. The minimum Gasteiger partial charge on any atom is -0.393 e. The van der Waals surface area contributed by atoms with Crippen LogP contribution in [-0.4, -0.2) is 34.5 Å². The number of nitrogens with one attached hydrogen (secondary N) is 2. The fourth-order valence-electron chi connectivity index (χ4n) is 4.85. The second-order valence-electron chi connectivity index (χ2n) is 9.84. The van der Waals surface area contributed by atoms with Crippen molar-refractivity contribution in [2.24, 2.45) is 11.8 Å². The van der Waals surface area contributed by atoms with Gasteiger partial charge in [-0.25, -0.2) is 0 Å². The molecule has 0 radical (unpaired) electrons. The standard InChI is InChI=1S/2C14H21NO/c2*1-11-9-13(7-8-14(11)16)15-10-12-5-3-2-4-6-12/h2*2-6,11,13-16H,7-10H2,1H3/t11-,13+,14-;11-,13-,14-/m00/s1. The molecule has 2 saturated carbocycles. The molecule has 0 spiro atoms. The summed E-state index contributed by atoms with van der Waals surface area (Å²) in [4.78, 5) is 0. The molecule has 0 saturated heterocycles. The predicted octanol–water partition coefficient (Wildman–Crippen LogP) is 4.65. The molecule has 4 N–H and O–H groups in total. The van der Waals surface area contributed by atoms with Crippen molar-refractivity contribution in [3.8, 4) is 0 Å². The van der Waals surface area contributed by atoms with Gasteiger partial charge in [0.1, 0.15) is 0 Å². The van der Waals surface area contributed by atoms with Crippen molar-refractivity contribution in [3.63, 3.8) is 0 Å². The SMILES string of the molecule is C[C@H]1C[C@@H](NCc2ccccc2)CC[C@@H]1O.C[C@H]1C[C@H](NCc2ccccc2)CC[C@@H]1O. The minimum absolute atomic E-state index is 0.0882. The van der Waals surface area contributed by atoms with Crippen LogP contribution >= 0.6 is 0 Å². The summed E-state index contributed by atoms with van der Waals surface area (Å²) in [5.41, 5.74) is 2.67. The van der Waals surface area contributed by atoms with Crippen molar-refractivity contribution in [2.75, 3.05) is 0 Å². The summed E-state index contributed by atoms with van der Waals surface area (Å²) < 4.78 is 0. The van der Waals surface area contributed by atoms with Gasteiger partial charge in [-0.05, 0) is 61.5 Å². The van der Waals surface area contributed by atoms with Gasteiger partial charge < -0.3 is 20.8 Å². The molecule has 32 heavy (non-hydrogen) atoms. The Balaban J connectivity index is 0.000000181. The highest BCUT2D eigenvalue weighted by Gasteiger charge is 2.26. The predicted molar refractivity (Wildman–Crippen MR) is 132 cm³/mol. The number of aliphatic hydroxyl groups excluding tert-OH is 2. The first-order valence-electron chi connectivity index (χ1n) is 12.4. The summed E-state index contributed by atoms with van der Waals surface area (Å²) in [6.45, 7) is 6.16. The molecular formula is C28H42N2O2. The van der Waals surface area contributed by atoms with Crippen molar-refractivity contribution < 1.29 is 10.2 Å². The zero-order valence-corrected chi connectivity index (χ0v) is 19.8. The number of aliphatic hydroxyl groups is 2. The molecule has 2 aliphatic carbocycles. The summed E-state index contributed by atoms with van der Waals surface area (Å²) in [5, 5.41) is 26.5. The maximum Gasteiger partial charge on any atom is 0.0566 e. The monoisotopic (exact) mass is 438 g/mol. The van der Waals surface area contributed by atoms with Crippen LogP contribution in [0.1, 0.15) is 63.5 Å². The molecule has 0 unspecified atom stereocenters. The highest BCUT2D eigenvalue weighted by molar-refractivity contribution is 5.15. The van der Waals surface area contributed by atoms with Crippen molar-refractivity contribution in [1.29, 1.82) is 0 Å². The molecule has 0 aliphatic heterocycles. The molecule has 0 heterocycles.